The SMILES string of the molecule is Cc1nc(SCC(=O)N2CCN([C@@H]3CCS(=O)(=O)C3)CC2)c2c(C)c(C)sc2n1. The van der Waals surface area contributed by atoms with Crippen molar-refractivity contribution in [2.45, 2.75) is 38.3 Å². The van der Waals surface area contributed by atoms with E-state index in [2.05, 4.69) is 28.7 Å². The molecule has 0 aromatic carbocycles. The van der Waals surface area contributed by atoms with Gasteiger partial charge in [0, 0.05) is 42.5 Å². The minimum absolute atomic E-state index is 0.114. The number of rotatable bonds is 4. The van der Waals surface area contributed by atoms with Crippen molar-refractivity contribution in [2.75, 3.05) is 43.4 Å². The summed E-state index contributed by atoms with van der Waals surface area (Å²) < 4.78 is 23.4. The molecule has 10 heteroatoms. The van der Waals surface area contributed by atoms with Gasteiger partial charge in [0.05, 0.1) is 17.3 Å². The Bertz CT molecular complexity index is 1040. The van der Waals surface area contributed by atoms with E-state index < -0.39 is 9.84 Å². The lowest BCUT2D eigenvalue weighted by atomic mass is 10.2. The highest BCUT2D eigenvalue weighted by molar-refractivity contribution is 8.00. The molecule has 1 amide bonds. The Hall–Kier alpha value is -1.23. The van der Waals surface area contributed by atoms with Crippen LogP contribution in [-0.4, -0.2) is 83.6 Å². The summed E-state index contributed by atoms with van der Waals surface area (Å²) in [6.07, 6.45) is 0.717. The summed E-state index contributed by atoms with van der Waals surface area (Å²) in [5.41, 5.74) is 1.19. The molecule has 2 aliphatic heterocycles. The standard InChI is InChI=1S/C19H26N4O3S3/c1-12-13(2)28-19-17(12)18(20-14(3)21-19)27-10-16(24)23-7-5-22(6-8-23)15-4-9-29(25,26)11-15/h15H,4-11H2,1-3H3/t15-/m1/s1. The summed E-state index contributed by atoms with van der Waals surface area (Å²) >= 11 is 3.16. The highest BCUT2D eigenvalue weighted by Gasteiger charge is 2.34. The number of hydrogen-bond donors (Lipinski definition) is 0. The molecular formula is C19H26N4O3S3. The second-order valence-corrected chi connectivity index (χ2v) is 12.2. The van der Waals surface area contributed by atoms with Crippen molar-refractivity contribution in [1.29, 1.82) is 0 Å². The number of amides is 1. The zero-order chi connectivity index (χ0) is 20.8. The van der Waals surface area contributed by atoms with Crippen molar-refractivity contribution in [3.63, 3.8) is 0 Å². The van der Waals surface area contributed by atoms with Crippen LogP contribution in [0.5, 0.6) is 0 Å². The van der Waals surface area contributed by atoms with Gasteiger partial charge in [0.25, 0.3) is 0 Å². The van der Waals surface area contributed by atoms with E-state index in [1.165, 1.54) is 22.2 Å². The van der Waals surface area contributed by atoms with Crippen LogP contribution in [0.25, 0.3) is 10.2 Å². The normalized spacial score (nSPS) is 22.4. The van der Waals surface area contributed by atoms with E-state index in [-0.39, 0.29) is 17.7 Å². The summed E-state index contributed by atoms with van der Waals surface area (Å²) in [4.78, 5) is 28.2. The second-order valence-electron chi connectivity index (χ2n) is 7.80. The molecular weight excluding hydrogens is 428 g/mol. The van der Waals surface area contributed by atoms with Gasteiger partial charge in [-0.15, -0.1) is 11.3 Å². The fraction of sp³-hybridized carbons (Fsp3) is 0.632. The van der Waals surface area contributed by atoms with Gasteiger partial charge in [0.2, 0.25) is 5.91 Å². The van der Waals surface area contributed by atoms with Crippen LogP contribution in [0.4, 0.5) is 0 Å². The van der Waals surface area contributed by atoms with Crippen LogP contribution in [0.1, 0.15) is 22.7 Å². The van der Waals surface area contributed by atoms with Crippen molar-refractivity contribution < 1.29 is 13.2 Å². The lowest BCUT2D eigenvalue weighted by molar-refractivity contribution is -0.130. The van der Waals surface area contributed by atoms with Gasteiger partial charge in [-0.2, -0.15) is 0 Å². The highest BCUT2D eigenvalue weighted by atomic mass is 32.2. The third-order valence-corrected chi connectivity index (χ3v) is 9.64. The Morgan fingerprint density at radius 2 is 1.90 bits per heavy atom. The summed E-state index contributed by atoms with van der Waals surface area (Å²) in [6, 6.07) is 0.119. The predicted octanol–water partition coefficient (Wildman–Crippen LogP) is 2.04. The van der Waals surface area contributed by atoms with Crippen LogP contribution in [0.2, 0.25) is 0 Å². The van der Waals surface area contributed by atoms with Gasteiger partial charge >= 0.3 is 0 Å². The maximum atomic E-state index is 12.8. The average Bonchev–Trinajstić information content (AvgIpc) is 3.18. The van der Waals surface area contributed by atoms with Gasteiger partial charge in [-0.25, -0.2) is 18.4 Å². The number of thiophene rings is 1. The minimum Gasteiger partial charge on any atom is -0.339 e. The first kappa shape index (κ1) is 21.0. The molecule has 0 N–H and O–H groups in total. The molecule has 4 rings (SSSR count). The van der Waals surface area contributed by atoms with Gasteiger partial charge < -0.3 is 4.90 Å². The monoisotopic (exact) mass is 454 g/mol. The maximum absolute atomic E-state index is 12.8. The molecule has 1 atom stereocenters. The van der Waals surface area contributed by atoms with E-state index >= 15 is 0 Å². The Balaban J connectivity index is 1.36. The summed E-state index contributed by atoms with van der Waals surface area (Å²) in [7, 11) is -2.87. The highest BCUT2D eigenvalue weighted by Crippen LogP contribution is 2.35. The first-order valence-electron chi connectivity index (χ1n) is 9.83. The van der Waals surface area contributed by atoms with E-state index in [1.54, 1.807) is 11.3 Å². The molecule has 0 unspecified atom stereocenters. The van der Waals surface area contributed by atoms with Crippen LogP contribution in [0, 0.1) is 20.8 Å². The third-order valence-electron chi connectivity index (χ3n) is 5.83. The smallest absolute Gasteiger partial charge is 0.233 e. The van der Waals surface area contributed by atoms with Gasteiger partial charge in [0.1, 0.15) is 15.7 Å². The number of aryl methyl sites for hydroxylation is 3. The molecule has 7 nitrogen and oxygen atoms in total. The van der Waals surface area contributed by atoms with Crippen LogP contribution in [-0.2, 0) is 14.6 Å². The van der Waals surface area contributed by atoms with Crippen LogP contribution in [0.3, 0.4) is 0 Å². The molecule has 2 aliphatic rings. The topological polar surface area (TPSA) is 83.5 Å². The largest absolute Gasteiger partial charge is 0.339 e. The number of hydrogen-bond acceptors (Lipinski definition) is 8. The predicted molar refractivity (Wildman–Crippen MR) is 118 cm³/mol. The minimum atomic E-state index is -2.87. The number of thioether (sulfide) groups is 1. The van der Waals surface area contributed by atoms with E-state index in [4.69, 9.17) is 0 Å². The van der Waals surface area contributed by atoms with Crippen molar-refractivity contribution in [3.05, 3.63) is 16.3 Å². The Morgan fingerprint density at radius 3 is 2.55 bits per heavy atom. The van der Waals surface area contributed by atoms with Crippen molar-refractivity contribution in [2.24, 2.45) is 0 Å². The van der Waals surface area contributed by atoms with Gasteiger partial charge in [-0.3, -0.25) is 9.69 Å². The van der Waals surface area contributed by atoms with Crippen LogP contribution in [0.15, 0.2) is 5.03 Å². The zero-order valence-corrected chi connectivity index (χ0v) is 19.4. The van der Waals surface area contributed by atoms with Gasteiger partial charge in [-0.05, 0) is 32.8 Å². The number of carbonyl (C=O) groups excluding carboxylic acids is 1. The van der Waals surface area contributed by atoms with E-state index in [0.717, 1.165) is 34.2 Å². The fourth-order valence-electron chi connectivity index (χ4n) is 4.04. The molecule has 0 bridgehead atoms. The molecule has 0 radical (unpaired) electrons. The molecule has 29 heavy (non-hydrogen) atoms. The van der Waals surface area contributed by atoms with Crippen LogP contribution < -0.4 is 0 Å². The Morgan fingerprint density at radius 1 is 1.17 bits per heavy atom. The lowest BCUT2D eigenvalue weighted by Crippen LogP contribution is -2.52. The van der Waals surface area contributed by atoms with Crippen molar-refractivity contribution >= 4 is 49.1 Å². The van der Waals surface area contributed by atoms with Crippen LogP contribution >= 0.6 is 23.1 Å². The van der Waals surface area contributed by atoms with Crippen molar-refractivity contribution in [1.82, 2.24) is 19.8 Å². The zero-order valence-electron chi connectivity index (χ0n) is 17.0. The quantitative estimate of drug-likeness (QED) is 0.516. The molecule has 0 aliphatic carbocycles. The summed E-state index contributed by atoms with van der Waals surface area (Å²) in [6.45, 7) is 8.87. The van der Waals surface area contributed by atoms with Gasteiger partial charge in [-0.1, -0.05) is 11.8 Å². The number of nitrogens with zero attached hydrogens (tertiary/aromatic N) is 4. The summed E-state index contributed by atoms with van der Waals surface area (Å²) in [5, 5.41) is 1.96. The average molecular weight is 455 g/mol. The number of fused-ring (bicyclic) bond motifs is 1. The molecule has 0 saturated carbocycles. The first-order valence-corrected chi connectivity index (χ1v) is 13.5. The van der Waals surface area contributed by atoms with E-state index in [0.29, 0.717) is 31.0 Å². The van der Waals surface area contributed by atoms with Crippen molar-refractivity contribution in [3.8, 4) is 0 Å². The first-order chi connectivity index (χ1) is 13.7. The Labute approximate surface area is 179 Å². The molecule has 4 heterocycles. The molecule has 158 valence electrons. The molecule has 2 aromatic heterocycles. The second kappa shape index (κ2) is 8.13. The number of carbonyl (C=O) groups is 1. The van der Waals surface area contributed by atoms with Gasteiger partial charge in [0.15, 0.2) is 9.84 Å². The van der Waals surface area contributed by atoms with E-state index in [9.17, 15) is 13.2 Å². The molecule has 2 fully saturated rings. The van der Waals surface area contributed by atoms with E-state index in [1.807, 2.05) is 11.8 Å². The molecule has 0 spiro atoms. The fourth-order valence-corrected chi connectivity index (χ4v) is 7.97. The molecule has 2 aromatic rings. The maximum Gasteiger partial charge on any atom is 0.233 e. The summed E-state index contributed by atoms with van der Waals surface area (Å²) in [5.74, 6) is 1.76. The third kappa shape index (κ3) is 4.45. The lowest BCUT2D eigenvalue weighted by Gasteiger charge is -2.37. The Kier molecular flexibility index (Phi) is 5.89. The number of aromatic nitrogens is 2. The number of sulfone groups is 1. The number of piperazine rings is 1. The molecule has 2 saturated heterocycles.